The van der Waals surface area contributed by atoms with E-state index in [0.29, 0.717) is 34.7 Å². The molecule has 2 rings (SSSR count). The van der Waals surface area contributed by atoms with Crippen molar-refractivity contribution in [3.63, 3.8) is 0 Å². The lowest BCUT2D eigenvalue weighted by atomic mass is 10.1. The maximum atomic E-state index is 13.7. The lowest BCUT2D eigenvalue weighted by Crippen LogP contribution is -2.13. The Bertz CT molecular complexity index is 721. The second-order valence-corrected chi connectivity index (χ2v) is 5.86. The fourth-order valence-electron chi connectivity index (χ4n) is 2.06. The van der Waals surface area contributed by atoms with E-state index in [1.807, 2.05) is 13.8 Å². The summed E-state index contributed by atoms with van der Waals surface area (Å²) in [5.74, 6) is 0.113. The number of carbonyl (C=O) groups excluding carboxylic acids is 1. The lowest BCUT2D eigenvalue weighted by Gasteiger charge is -2.15. The fraction of sp³-hybridized carbons (Fsp3) is 0.278. The topological polar surface area (TPSA) is 47.6 Å². The molecule has 0 atom stereocenters. The Balaban J connectivity index is 2.29. The van der Waals surface area contributed by atoms with Crippen LogP contribution in [0.1, 0.15) is 30.6 Å². The first-order valence-electron chi connectivity index (χ1n) is 7.71. The van der Waals surface area contributed by atoms with Gasteiger partial charge < -0.3 is 14.8 Å². The van der Waals surface area contributed by atoms with Crippen LogP contribution >= 0.6 is 15.9 Å². The molecule has 0 heterocycles. The molecule has 0 spiro atoms. The smallest absolute Gasteiger partial charge is 0.255 e. The number of amides is 1. The summed E-state index contributed by atoms with van der Waals surface area (Å²) in [5.41, 5.74) is 0.473. The Morgan fingerprint density at radius 2 is 1.96 bits per heavy atom. The molecule has 1 N–H and O–H groups in total. The van der Waals surface area contributed by atoms with Gasteiger partial charge in [-0.3, -0.25) is 4.79 Å². The average molecular weight is 396 g/mol. The summed E-state index contributed by atoms with van der Waals surface area (Å²) in [4.78, 5) is 12.4. The van der Waals surface area contributed by atoms with Crippen molar-refractivity contribution in [3.05, 3.63) is 52.3 Å². The Morgan fingerprint density at radius 1 is 1.21 bits per heavy atom. The number of anilines is 1. The van der Waals surface area contributed by atoms with Gasteiger partial charge in [0.2, 0.25) is 0 Å². The molecule has 2 aromatic carbocycles. The summed E-state index contributed by atoms with van der Waals surface area (Å²) in [7, 11) is 0. The summed E-state index contributed by atoms with van der Waals surface area (Å²) in [6, 6.07) is 9.24. The zero-order valence-electron chi connectivity index (χ0n) is 13.6. The molecule has 0 saturated carbocycles. The molecule has 0 fully saturated rings. The number of rotatable bonds is 7. The molecular formula is C18H19BrFNO3. The van der Waals surface area contributed by atoms with Gasteiger partial charge in [0.1, 0.15) is 5.82 Å². The largest absolute Gasteiger partial charge is 0.490 e. The van der Waals surface area contributed by atoms with Gasteiger partial charge in [-0.05, 0) is 53.5 Å². The highest BCUT2D eigenvalue weighted by molar-refractivity contribution is 9.10. The van der Waals surface area contributed by atoms with Crippen molar-refractivity contribution >= 4 is 27.5 Å². The van der Waals surface area contributed by atoms with E-state index in [1.54, 1.807) is 24.3 Å². The van der Waals surface area contributed by atoms with Crippen LogP contribution in [0.3, 0.4) is 0 Å². The van der Waals surface area contributed by atoms with Gasteiger partial charge in [-0.25, -0.2) is 4.39 Å². The zero-order valence-corrected chi connectivity index (χ0v) is 15.2. The first kappa shape index (κ1) is 18.3. The number of benzene rings is 2. The molecule has 2 aromatic rings. The third kappa shape index (κ3) is 4.47. The van der Waals surface area contributed by atoms with E-state index in [2.05, 4.69) is 21.2 Å². The maximum Gasteiger partial charge on any atom is 0.255 e. The number of hydrogen-bond acceptors (Lipinski definition) is 3. The van der Waals surface area contributed by atoms with E-state index < -0.39 is 11.7 Å². The third-order valence-corrected chi connectivity index (χ3v) is 3.73. The third-order valence-electron chi connectivity index (χ3n) is 3.14. The average Bonchev–Trinajstić information content (AvgIpc) is 2.56. The highest BCUT2D eigenvalue weighted by Gasteiger charge is 2.17. The minimum absolute atomic E-state index is 0.128. The van der Waals surface area contributed by atoms with Crippen molar-refractivity contribution < 1.29 is 18.7 Å². The van der Waals surface area contributed by atoms with Crippen LogP contribution in [-0.4, -0.2) is 19.1 Å². The number of halogens is 2. The van der Waals surface area contributed by atoms with Gasteiger partial charge in [-0.15, -0.1) is 0 Å². The van der Waals surface area contributed by atoms with Gasteiger partial charge in [0.15, 0.2) is 11.5 Å². The number of ether oxygens (including phenoxy) is 2. The van der Waals surface area contributed by atoms with Gasteiger partial charge in [0, 0.05) is 5.56 Å². The lowest BCUT2D eigenvalue weighted by molar-refractivity contribution is 0.102. The Hall–Kier alpha value is -2.08. The summed E-state index contributed by atoms with van der Waals surface area (Å²) in [6.45, 7) is 4.83. The molecular weight excluding hydrogens is 377 g/mol. The summed E-state index contributed by atoms with van der Waals surface area (Å²) < 4.78 is 25.5. The molecule has 0 bridgehead atoms. The fourth-order valence-corrected chi connectivity index (χ4v) is 2.62. The minimum Gasteiger partial charge on any atom is -0.490 e. The highest BCUT2D eigenvalue weighted by Crippen LogP contribution is 2.37. The van der Waals surface area contributed by atoms with Crippen LogP contribution in [0.2, 0.25) is 0 Å². The van der Waals surface area contributed by atoms with E-state index in [9.17, 15) is 9.18 Å². The molecule has 128 valence electrons. The molecule has 0 saturated heterocycles. The predicted molar refractivity (Wildman–Crippen MR) is 95.5 cm³/mol. The van der Waals surface area contributed by atoms with E-state index >= 15 is 0 Å². The second kappa shape index (κ2) is 8.68. The van der Waals surface area contributed by atoms with Gasteiger partial charge >= 0.3 is 0 Å². The van der Waals surface area contributed by atoms with Gasteiger partial charge in [-0.2, -0.15) is 0 Å². The first-order chi connectivity index (χ1) is 11.6. The molecule has 0 aliphatic rings. The molecule has 4 nitrogen and oxygen atoms in total. The van der Waals surface area contributed by atoms with Crippen LogP contribution < -0.4 is 14.8 Å². The van der Waals surface area contributed by atoms with Crippen molar-refractivity contribution in [3.8, 4) is 11.5 Å². The minimum atomic E-state index is -0.488. The van der Waals surface area contributed by atoms with Crippen molar-refractivity contribution in [1.29, 1.82) is 0 Å². The first-order valence-corrected chi connectivity index (χ1v) is 8.51. The summed E-state index contributed by atoms with van der Waals surface area (Å²) >= 11 is 3.41. The standard InChI is InChI=1S/C18H19BrFNO3/c1-3-9-24-17-13(19)10-12(11-16(17)23-4-2)18(22)21-15-8-6-5-7-14(15)20/h5-8,10-11H,3-4,9H2,1-2H3,(H,21,22). The summed E-state index contributed by atoms with van der Waals surface area (Å²) in [5, 5.41) is 2.55. The monoisotopic (exact) mass is 395 g/mol. The molecule has 0 radical (unpaired) electrons. The maximum absolute atomic E-state index is 13.7. The predicted octanol–water partition coefficient (Wildman–Crippen LogP) is 5.03. The quantitative estimate of drug-likeness (QED) is 0.714. The summed E-state index contributed by atoms with van der Waals surface area (Å²) in [6.07, 6.45) is 0.855. The molecule has 0 aliphatic carbocycles. The SMILES string of the molecule is CCCOc1c(Br)cc(C(=O)Nc2ccccc2F)cc1OCC. The van der Waals surface area contributed by atoms with Crippen LogP contribution in [0, 0.1) is 5.82 Å². The second-order valence-electron chi connectivity index (χ2n) is 5.00. The van der Waals surface area contributed by atoms with Crippen molar-refractivity contribution in [2.24, 2.45) is 0 Å². The zero-order chi connectivity index (χ0) is 17.5. The van der Waals surface area contributed by atoms with Crippen LogP contribution in [0.25, 0.3) is 0 Å². The van der Waals surface area contributed by atoms with E-state index in [-0.39, 0.29) is 5.69 Å². The van der Waals surface area contributed by atoms with Crippen LogP contribution in [0.15, 0.2) is 40.9 Å². The van der Waals surface area contributed by atoms with Crippen LogP contribution in [-0.2, 0) is 0 Å². The van der Waals surface area contributed by atoms with Crippen LogP contribution in [0.5, 0.6) is 11.5 Å². The highest BCUT2D eigenvalue weighted by atomic mass is 79.9. The Kier molecular flexibility index (Phi) is 6.61. The number of carbonyl (C=O) groups is 1. The van der Waals surface area contributed by atoms with Crippen molar-refractivity contribution in [2.45, 2.75) is 20.3 Å². The van der Waals surface area contributed by atoms with Crippen molar-refractivity contribution in [2.75, 3.05) is 18.5 Å². The number of nitrogens with one attached hydrogen (secondary N) is 1. The molecule has 0 aliphatic heterocycles. The molecule has 0 aromatic heterocycles. The van der Waals surface area contributed by atoms with Gasteiger partial charge in [-0.1, -0.05) is 19.1 Å². The van der Waals surface area contributed by atoms with E-state index in [0.717, 1.165) is 6.42 Å². The molecule has 0 unspecified atom stereocenters. The van der Waals surface area contributed by atoms with E-state index in [4.69, 9.17) is 9.47 Å². The van der Waals surface area contributed by atoms with Crippen LogP contribution in [0.4, 0.5) is 10.1 Å². The molecule has 6 heteroatoms. The number of hydrogen-bond donors (Lipinski definition) is 1. The normalized spacial score (nSPS) is 10.3. The molecule has 1 amide bonds. The van der Waals surface area contributed by atoms with E-state index in [1.165, 1.54) is 12.1 Å². The number of para-hydroxylation sites is 1. The van der Waals surface area contributed by atoms with Gasteiger partial charge in [0.25, 0.3) is 5.91 Å². The van der Waals surface area contributed by atoms with Crippen molar-refractivity contribution in [1.82, 2.24) is 0 Å². The van der Waals surface area contributed by atoms with Gasteiger partial charge in [0.05, 0.1) is 23.4 Å². The molecule has 24 heavy (non-hydrogen) atoms. The Morgan fingerprint density at radius 3 is 2.62 bits per heavy atom. The Labute approximate surface area is 149 Å².